The first kappa shape index (κ1) is 26.7. The summed E-state index contributed by atoms with van der Waals surface area (Å²) < 4.78 is 5.82. The number of carbonyl (C=O) groups excluding carboxylic acids is 3. The second-order valence-electron chi connectivity index (χ2n) is 10.7. The summed E-state index contributed by atoms with van der Waals surface area (Å²) in [6.07, 6.45) is 5.10. The molecule has 0 aliphatic carbocycles. The largest absolute Gasteiger partial charge is 0.490 e. The normalized spacial score (nSPS) is 21.3. The summed E-state index contributed by atoms with van der Waals surface area (Å²) >= 11 is 0. The number of hydrogen-bond donors (Lipinski definition) is 2. The Kier molecular flexibility index (Phi) is 8.14. The predicted molar refractivity (Wildman–Crippen MR) is 150 cm³/mol. The van der Waals surface area contributed by atoms with Gasteiger partial charge in [-0.2, -0.15) is 0 Å². The predicted octanol–water partition coefficient (Wildman–Crippen LogP) is 3.52. The van der Waals surface area contributed by atoms with Crippen molar-refractivity contribution < 1.29 is 19.1 Å². The van der Waals surface area contributed by atoms with Gasteiger partial charge in [0.25, 0.3) is 5.91 Å². The van der Waals surface area contributed by atoms with Crippen molar-refractivity contribution in [2.24, 2.45) is 4.99 Å². The van der Waals surface area contributed by atoms with Gasteiger partial charge >= 0.3 is 0 Å². The monoisotopic (exact) mass is 531 g/mol. The Balaban J connectivity index is 1.37. The molecule has 9 nitrogen and oxygen atoms in total. The number of rotatable bonds is 5. The minimum atomic E-state index is -0.697. The number of anilines is 1. The van der Waals surface area contributed by atoms with Gasteiger partial charge in [-0.3, -0.25) is 19.7 Å². The third kappa shape index (κ3) is 6.58. The van der Waals surface area contributed by atoms with Crippen molar-refractivity contribution in [2.45, 2.75) is 64.5 Å². The van der Waals surface area contributed by atoms with Crippen LogP contribution in [0.1, 0.15) is 60.5 Å². The van der Waals surface area contributed by atoms with Crippen LogP contribution in [0, 0.1) is 6.92 Å². The third-order valence-electron chi connectivity index (χ3n) is 7.53. The number of hydrogen-bond acceptors (Lipinski definition) is 5. The molecule has 0 aromatic heterocycles. The molecule has 2 atom stereocenters. The fourth-order valence-corrected chi connectivity index (χ4v) is 5.36. The zero-order valence-electron chi connectivity index (χ0n) is 22.7. The zero-order valence-corrected chi connectivity index (χ0v) is 22.7. The molecule has 3 aliphatic rings. The maximum atomic E-state index is 13.6. The summed E-state index contributed by atoms with van der Waals surface area (Å²) in [5.41, 5.74) is 3.38. The minimum absolute atomic E-state index is 0.00825. The lowest BCUT2D eigenvalue weighted by atomic mass is 10.1. The summed E-state index contributed by atoms with van der Waals surface area (Å²) in [4.78, 5) is 47.7. The van der Waals surface area contributed by atoms with Crippen LogP contribution in [0.5, 0.6) is 5.75 Å². The average molecular weight is 532 g/mol. The van der Waals surface area contributed by atoms with Gasteiger partial charge in [-0.05, 0) is 81.8 Å². The molecule has 3 heterocycles. The van der Waals surface area contributed by atoms with E-state index in [1.807, 2.05) is 49.1 Å². The Morgan fingerprint density at radius 2 is 1.77 bits per heavy atom. The van der Waals surface area contributed by atoms with Crippen molar-refractivity contribution in [2.75, 3.05) is 31.5 Å². The van der Waals surface area contributed by atoms with E-state index in [1.54, 1.807) is 17.0 Å². The number of benzene rings is 2. The molecule has 2 aromatic carbocycles. The topological polar surface area (TPSA) is 103 Å². The van der Waals surface area contributed by atoms with Crippen LogP contribution in [0.25, 0.3) is 0 Å². The Hall–Kier alpha value is -3.88. The Bertz CT molecular complexity index is 1250. The van der Waals surface area contributed by atoms with Crippen LogP contribution < -0.4 is 15.4 Å². The molecule has 2 N–H and O–H groups in total. The van der Waals surface area contributed by atoms with Crippen molar-refractivity contribution in [1.82, 2.24) is 15.1 Å². The molecule has 2 saturated heterocycles. The van der Waals surface area contributed by atoms with Crippen LogP contribution in [0.2, 0.25) is 0 Å². The SMILES string of the molecule is Cc1ccc(C(=O)NC(=N[C@@H]2CCCCN(CC(=O)N3CCCC3)C2=O)Nc2ccc3c(c2)CC(C)O3)cc1. The van der Waals surface area contributed by atoms with Crippen LogP contribution in [0.3, 0.4) is 0 Å². The lowest BCUT2D eigenvalue weighted by molar-refractivity contribution is -0.140. The summed E-state index contributed by atoms with van der Waals surface area (Å²) in [5, 5.41) is 6.13. The van der Waals surface area contributed by atoms with Gasteiger partial charge in [0.15, 0.2) is 0 Å². The summed E-state index contributed by atoms with van der Waals surface area (Å²) in [6, 6.07) is 12.4. The number of nitrogens with zero attached hydrogens (tertiary/aromatic N) is 3. The van der Waals surface area contributed by atoms with Crippen molar-refractivity contribution >= 4 is 29.4 Å². The van der Waals surface area contributed by atoms with Gasteiger partial charge < -0.3 is 19.9 Å². The number of amides is 3. The quantitative estimate of drug-likeness (QED) is 0.454. The number of carbonyl (C=O) groups is 3. The Labute approximate surface area is 229 Å². The first-order valence-corrected chi connectivity index (χ1v) is 13.9. The molecule has 0 saturated carbocycles. The number of aryl methyl sites for hydroxylation is 1. The molecule has 2 fully saturated rings. The summed E-state index contributed by atoms with van der Waals surface area (Å²) in [5.74, 6) is 0.554. The fourth-order valence-electron chi connectivity index (χ4n) is 5.36. The van der Waals surface area contributed by atoms with E-state index >= 15 is 0 Å². The third-order valence-corrected chi connectivity index (χ3v) is 7.53. The Morgan fingerprint density at radius 1 is 1.03 bits per heavy atom. The number of likely N-dealkylation sites (tertiary alicyclic amines) is 2. The number of aliphatic imine (C=N–C) groups is 1. The second-order valence-corrected chi connectivity index (χ2v) is 10.7. The highest BCUT2D eigenvalue weighted by Crippen LogP contribution is 2.31. The maximum absolute atomic E-state index is 13.6. The van der Waals surface area contributed by atoms with Gasteiger partial charge in [-0.25, -0.2) is 4.99 Å². The van der Waals surface area contributed by atoms with Gasteiger partial charge in [0.1, 0.15) is 17.9 Å². The van der Waals surface area contributed by atoms with E-state index in [-0.39, 0.29) is 36.3 Å². The van der Waals surface area contributed by atoms with E-state index in [2.05, 4.69) is 10.6 Å². The molecule has 206 valence electrons. The molecule has 3 amide bonds. The van der Waals surface area contributed by atoms with Gasteiger partial charge in [-0.15, -0.1) is 0 Å². The second kappa shape index (κ2) is 11.9. The molecular formula is C30H37N5O4. The van der Waals surface area contributed by atoms with Crippen molar-refractivity contribution in [1.29, 1.82) is 0 Å². The van der Waals surface area contributed by atoms with Crippen LogP contribution in [-0.2, 0) is 16.0 Å². The highest BCUT2D eigenvalue weighted by Gasteiger charge is 2.30. The van der Waals surface area contributed by atoms with Crippen molar-refractivity contribution in [3.05, 3.63) is 59.2 Å². The van der Waals surface area contributed by atoms with Crippen LogP contribution >= 0.6 is 0 Å². The minimum Gasteiger partial charge on any atom is -0.490 e. The Morgan fingerprint density at radius 3 is 2.54 bits per heavy atom. The molecule has 5 rings (SSSR count). The van der Waals surface area contributed by atoms with Crippen molar-refractivity contribution in [3.63, 3.8) is 0 Å². The number of nitrogens with one attached hydrogen (secondary N) is 2. The maximum Gasteiger partial charge on any atom is 0.257 e. The summed E-state index contributed by atoms with van der Waals surface area (Å²) in [6.45, 7) is 6.11. The van der Waals surface area contributed by atoms with Gasteiger partial charge in [0, 0.05) is 37.3 Å². The molecule has 2 aromatic rings. The lowest BCUT2D eigenvalue weighted by Gasteiger charge is -2.25. The van der Waals surface area contributed by atoms with E-state index in [0.29, 0.717) is 18.5 Å². The zero-order chi connectivity index (χ0) is 27.4. The van der Waals surface area contributed by atoms with Gasteiger partial charge in [0.2, 0.25) is 17.8 Å². The number of ether oxygens (including phenoxy) is 1. The molecule has 9 heteroatoms. The number of guanidine groups is 1. The first-order valence-electron chi connectivity index (χ1n) is 13.9. The van der Waals surface area contributed by atoms with E-state index < -0.39 is 6.04 Å². The molecule has 0 radical (unpaired) electrons. The molecule has 0 bridgehead atoms. The van der Waals surface area contributed by atoms with Gasteiger partial charge in [-0.1, -0.05) is 17.7 Å². The van der Waals surface area contributed by atoms with Crippen LogP contribution in [0.4, 0.5) is 5.69 Å². The van der Waals surface area contributed by atoms with E-state index in [0.717, 1.165) is 67.8 Å². The van der Waals surface area contributed by atoms with Crippen LogP contribution in [0.15, 0.2) is 47.5 Å². The van der Waals surface area contributed by atoms with Crippen molar-refractivity contribution in [3.8, 4) is 5.75 Å². The van der Waals surface area contributed by atoms with Crippen LogP contribution in [-0.4, -0.2) is 71.8 Å². The molecule has 1 unspecified atom stereocenters. The summed E-state index contributed by atoms with van der Waals surface area (Å²) in [7, 11) is 0. The molecule has 39 heavy (non-hydrogen) atoms. The fraction of sp³-hybridized carbons (Fsp3) is 0.467. The highest BCUT2D eigenvalue weighted by atomic mass is 16.5. The van der Waals surface area contributed by atoms with E-state index in [9.17, 15) is 14.4 Å². The molecular weight excluding hydrogens is 494 g/mol. The standard InChI is InChI=1S/C30H37N5O4/c1-20-8-10-22(11-9-20)28(37)33-30(31-24-12-13-26-23(18-24)17-21(2)39-26)32-25-7-3-4-16-35(29(25)38)19-27(36)34-14-5-6-15-34/h8-13,18,21,25H,3-7,14-17,19H2,1-2H3,(H2,31,32,33,37)/t21?,25-/m1/s1. The lowest BCUT2D eigenvalue weighted by Crippen LogP contribution is -2.45. The van der Waals surface area contributed by atoms with E-state index in [4.69, 9.17) is 9.73 Å². The molecule has 3 aliphatic heterocycles. The average Bonchev–Trinajstić information content (AvgIpc) is 3.55. The molecule has 0 spiro atoms. The van der Waals surface area contributed by atoms with E-state index in [1.165, 1.54) is 0 Å². The van der Waals surface area contributed by atoms with Gasteiger partial charge in [0.05, 0.1) is 6.54 Å². The first-order chi connectivity index (χ1) is 18.9. The highest BCUT2D eigenvalue weighted by molar-refractivity contribution is 6.10. The smallest absolute Gasteiger partial charge is 0.257 e. The number of fused-ring (bicyclic) bond motifs is 1.